The molecule has 0 aliphatic rings. The van der Waals surface area contributed by atoms with Gasteiger partial charge >= 0.3 is 5.97 Å². The van der Waals surface area contributed by atoms with Crippen molar-refractivity contribution < 1.29 is 122 Å². The van der Waals surface area contributed by atoms with E-state index in [-0.39, 0.29) is 49.5 Å². The van der Waals surface area contributed by atoms with E-state index in [1.54, 1.807) is 34.0 Å². The molecule has 0 heterocycles. The number of hydrogen-bond acceptors (Lipinski definition) is 27. The van der Waals surface area contributed by atoms with Gasteiger partial charge in [-0.1, -0.05) is 86.1 Å². The van der Waals surface area contributed by atoms with Gasteiger partial charge in [0, 0.05) is 19.3 Å². The monoisotopic (exact) mass is 1750 g/mol. The van der Waals surface area contributed by atoms with Crippen LogP contribution in [0.3, 0.4) is 0 Å². The van der Waals surface area contributed by atoms with E-state index in [9.17, 15) is 122 Å². The van der Waals surface area contributed by atoms with Gasteiger partial charge in [-0.25, -0.2) is 4.79 Å². The fraction of sp³-hybridized carbons (Fsp3) is 0.628. The van der Waals surface area contributed by atoms with E-state index in [2.05, 4.69) is 74.4 Å². The van der Waals surface area contributed by atoms with Crippen LogP contribution in [-0.4, -0.2) is 289 Å². The van der Waals surface area contributed by atoms with Crippen LogP contribution in [0.15, 0.2) is 48.5 Å². The summed E-state index contributed by atoms with van der Waals surface area (Å²) in [5, 5.41) is 117. The van der Waals surface area contributed by atoms with Gasteiger partial charge in [-0.15, -0.1) is 0 Å². The number of benzene rings is 2. The standard InChI is InChI=1S/C78H126N18O25S/c1-14-39(8)60(94-73(115)58(37(4)5)91-65(107)48(80)34-97)75(117)83-40(9)64(106)95-61(41(10)99)76(118)86-50(26-27-55(81)104)69(111)93-59(38(6)7)74(116)96-62(42(11)100)77(119)88-53(32-45-20-24-47(103)25-21-45)70(112)84-49(17-15-16-29-79)68(110)92-57(36(2)3)72(114)87-52(31-44-18-22-46(102)23-19-44)71(113)85-51(28-30-122-13)67(109)89-54(35-98)66(108)82-33-56(105)90-63(43(12)101)78(120)121/h18-25,36-43,48-54,57-63,97-103H,14-17,26-35,79-80H2,1-13H3,(H2,81,104)(H,82,108)(H,83,117)(H,84,112)(H,85,113)(H,86,118)(H,87,114)(H,88,119)(H,89,109)(H,90,105)(H,91,107)(H,92,110)(H,93,111)(H,94,115)(H,95,106)(H,96,116)(H,120,121)/t39-,40-,41+,42+,43+,48-,49-,50-,51-,52-,53-,54-,57-,58-,59-,60-,61-,62-,63-/m0/s1. The number of rotatable bonds is 55. The summed E-state index contributed by atoms with van der Waals surface area (Å²) >= 11 is 1.26. The first-order valence-corrected chi connectivity index (χ1v) is 41.4. The summed E-state index contributed by atoms with van der Waals surface area (Å²) in [5.74, 6) is -20.9. The number of amides is 16. The molecule has 0 unspecified atom stereocenters. The molecule has 2 aromatic rings. The average molecular weight is 1750 g/mol. The lowest BCUT2D eigenvalue weighted by Gasteiger charge is -2.30. The van der Waals surface area contributed by atoms with E-state index in [0.717, 1.165) is 20.8 Å². The van der Waals surface area contributed by atoms with Crippen molar-refractivity contribution in [1.82, 2.24) is 79.8 Å². The molecule has 0 aliphatic carbocycles. The highest BCUT2D eigenvalue weighted by molar-refractivity contribution is 7.98. The molecule has 0 bridgehead atoms. The fourth-order valence-corrected chi connectivity index (χ4v) is 12.2. The summed E-state index contributed by atoms with van der Waals surface area (Å²) in [6.07, 6.45) is -4.65. The quantitative estimate of drug-likeness (QED) is 0.0274. The first-order valence-electron chi connectivity index (χ1n) is 40.0. The van der Waals surface area contributed by atoms with Crippen LogP contribution in [0.4, 0.5) is 0 Å². The fourth-order valence-electron chi connectivity index (χ4n) is 11.8. The van der Waals surface area contributed by atoms with Crippen LogP contribution < -0.4 is 97.0 Å². The highest BCUT2D eigenvalue weighted by atomic mass is 32.2. The second kappa shape index (κ2) is 53.8. The van der Waals surface area contributed by atoms with Crippen LogP contribution in [0, 0.1) is 23.7 Å². The number of carboxylic acids is 1. The Hall–Kier alpha value is -10.9. The number of carbonyl (C=O) groups is 17. The molecule has 19 atom stereocenters. The van der Waals surface area contributed by atoms with E-state index in [1.807, 2.05) is 5.32 Å². The predicted octanol–water partition coefficient (Wildman–Crippen LogP) is -7.49. The summed E-state index contributed by atoms with van der Waals surface area (Å²) < 4.78 is 0. The number of primary amides is 1. The van der Waals surface area contributed by atoms with Gasteiger partial charge in [-0.05, 0) is 137 Å². The summed E-state index contributed by atoms with van der Waals surface area (Å²) in [6.45, 7) is 14.6. The zero-order chi connectivity index (χ0) is 92.7. The van der Waals surface area contributed by atoms with E-state index < -0.39 is 272 Å². The van der Waals surface area contributed by atoms with Crippen molar-refractivity contribution in [3.05, 3.63) is 59.7 Å². The first kappa shape index (κ1) is 107. The number of phenols is 2. The van der Waals surface area contributed by atoms with Gasteiger partial charge in [0.1, 0.15) is 96.1 Å². The number of carbonyl (C=O) groups excluding carboxylic acids is 16. The Labute approximate surface area is 711 Å². The number of phenolic OH excluding ortho intramolecular Hbond substituents is 2. The van der Waals surface area contributed by atoms with Crippen LogP contribution in [0.5, 0.6) is 11.5 Å². The summed E-state index contributed by atoms with van der Waals surface area (Å²) in [5.41, 5.74) is 17.6. The Balaban J connectivity index is 2.54. The number of aromatic hydroxyl groups is 2. The van der Waals surface area contributed by atoms with Crippen LogP contribution in [0.1, 0.15) is 139 Å². The lowest BCUT2D eigenvalue weighted by Crippen LogP contribution is -2.63. The van der Waals surface area contributed by atoms with Crippen molar-refractivity contribution in [3.63, 3.8) is 0 Å². The van der Waals surface area contributed by atoms with E-state index in [1.165, 1.54) is 94.9 Å². The Morgan fingerprint density at radius 2 is 0.746 bits per heavy atom. The number of aliphatic hydroxyl groups is 5. The minimum absolute atomic E-state index is 0.104. The van der Waals surface area contributed by atoms with E-state index in [4.69, 9.17) is 17.2 Å². The summed E-state index contributed by atoms with van der Waals surface area (Å²) in [6, 6.07) is -13.1. The largest absolute Gasteiger partial charge is 0.508 e. The van der Waals surface area contributed by atoms with Gasteiger partial charge < -0.3 is 138 Å². The zero-order valence-electron chi connectivity index (χ0n) is 70.9. The Bertz CT molecular complexity index is 3840. The van der Waals surface area contributed by atoms with Crippen LogP contribution in [0.25, 0.3) is 0 Å². The Kier molecular flexibility index (Phi) is 47.2. The number of nitrogens with two attached hydrogens (primary N) is 3. The molecule has 0 saturated heterocycles. The van der Waals surface area contributed by atoms with Gasteiger partial charge in [0.25, 0.3) is 0 Å². The maximum Gasteiger partial charge on any atom is 0.328 e. The van der Waals surface area contributed by atoms with Gasteiger partial charge in [0.2, 0.25) is 94.5 Å². The molecule has 29 N–H and O–H groups in total. The second-order valence-corrected chi connectivity index (χ2v) is 31.7. The smallest absolute Gasteiger partial charge is 0.328 e. The maximum atomic E-state index is 14.9. The molecule has 0 spiro atoms. The van der Waals surface area contributed by atoms with Crippen molar-refractivity contribution >= 4 is 112 Å². The van der Waals surface area contributed by atoms with Crippen LogP contribution in [-0.2, 0) is 94.3 Å². The molecular weight excluding hydrogens is 1620 g/mol. The number of unbranched alkanes of at least 4 members (excludes halogenated alkanes) is 1. The molecule has 0 aromatic heterocycles. The predicted molar refractivity (Wildman–Crippen MR) is 442 cm³/mol. The van der Waals surface area contributed by atoms with Gasteiger partial charge in [0.15, 0.2) is 6.04 Å². The molecule has 122 heavy (non-hydrogen) atoms. The first-order chi connectivity index (χ1) is 57.2. The highest BCUT2D eigenvalue weighted by Gasteiger charge is 2.41. The van der Waals surface area contributed by atoms with Crippen molar-refractivity contribution in [3.8, 4) is 11.5 Å². The number of nitrogens with one attached hydrogen (secondary N) is 15. The third kappa shape index (κ3) is 36.8. The van der Waals surface area contributed by atoms with Crippen molar-refractivity contribution in [2.24, 2.45) is 40.9 Å². The molecule has 684 valence electrons. The number of hydrogen-bond donors (Lipinski definition) is 26. The molecule has 2 rings (SSSR count). The molecule has 44 heteroatoms. The van der Waals surface area contributed by atoms with E-state index in [0.29, 0.717) is 24.0 Å². The molecular formula is C78H126N18O25S. The van der Waals surface area contributed by atoms with E-state index >= 15 is 0 Å². The minimum Gasteiger partial charge on any atom is -0.508 e. The van der Waals surface area contributed by atoms with Crippen molar-refractivity contribution in [2.45, 2.75) is 250 Å². The zero-order valence-corrected chi connectivity index (χ0v) is 71.7. The Morgan fingerprint density at radius 1 is 0.393 bits per heavy atom. The summed E-state index contributed by atoms with van der Waals surface area (Å²) in [4.78, 5) is 233. The Morgan fingerprint density at radius 3 is 1.14 bits per heavy atom. The maximum absolute atomic E-state index is 14.9. The van der Waals surface area contributed by atoms with Crippen LogP contribution >= 0.6 is 11.8 Å². The average Bonchev–Trinajstić information content (AvgIpc) is 0.842. The number of carboxylic acid groups (broad SMARTS) is 1. The molecule has 16 amide bonds. The van der Waals surface area contributed by atoms with Crippen molar-refractivity contribution in [1.29, 1.82) is 0 Å². The molecule has 43 nitrogen and oxygen atoms in total. The SMILES string of the molecule is CC[C@H](C)[C@H](NC(=O)[C@@H](NC(=O)[C@@H](N)CO)C(C)C)C(=O)N[C@@H](C)C(=O)N[C@H](C(=O)N[C@@H](CCC(N)=O)C(=O)N[C@H](C(=O)N[C@H](C(=O)N[C@@H](Cc1ccc(O)cc1)C(=O)N[C@@H](CCCCN)C(=O)N[C@H](C(=O)N[C@@H](Cc1ccc(O)cc1)C(=O)N[C@@H](CCSC)C(=O)N[C@@H](CO)C(=O)NCC(=O)N[C@H](C(=O)O)[C@@H](C)O)C(C)C)[C@@H](C)O)C(C)C)[C@@H](C)O. The lowest BCUT2D eigenvalue weighted by molar-refractivity contribution is -0.144. The topological polar surface area (TPSA) is 711 Å². The normalized spacial score (nSPS) is 16.0. The lowest BCUT2D eigenvalue weighted by atomic mass is 9.96. The number of aliphatic hydroxyl groups excluding tert-OH is 5. The summed E-state index contributed by atoms with van der Waals surface area (Å²) in [7, 11) is 0. The third-order valence-corrected chi connectivity index (χ3v) is 20.0. The minimum atomic E-state index is -1.96. The molecule has 0 fully saturated rings. The number of aliphatic carboxylic acids is 1. The van der Waals surface area contributed by atoms with Crippen LogP contribution in [0.2, 0.25) is 0 Å². The highest BCUT2D eigenvalue weighted by Crippen LogP contribution is 2.18. The second-order valence-electron chi connectivity index (χ2n) is 30.7. The van der Waals surface area contributed by atoms with Gasteiger partial charge in [0.05, 0.1) is 38.1 Å². The van der Waals surface area contributed by atoms with Gasteiger partial charge in [-0.2, -0.15) is 11.8 Å². The molecule has 2 aromatic carbocycles. The van der Waals surface area contributed by atoms with Crippen molar-refractivity contribution in [2.75, 3.05) is 38.3 Å². The molecule has 0 radical (unpaired) electrons. The van der Waals surface area contributed by atoms with Gasteiger partial charge in [-0.3, -0.25) is 76.7 Å². The molecule has 0 aliphatic heterocycles. The number of thioether (sulfide) groups is 1. The third-order valence-electron chi connectivity index (χ3n) is 19.4. The molecule has 0 saturated carbocycles.